The molecule has 4 aromatic rings. The highest BCUT2D eigenvalue weighted by Crippen LogP contribution is 2.47. The van der Waals surface area contributed by atoms with Crippen LogP contribution in [-0.2, 0) is 4.74 Å². The Labute approximate surface area is 188 Å². The van der Waals surface area contributed by atoms with Crippen molar-refractivity contribution in [3.63, 3.8) is 0 Å². The number of methoxy groups -OCH3 is 1. The number of hydrogen-bond donors (Lipinski definition) is 4. The molecule has 0 unspecified atom stereocenters. The first-order valence-electron chi connectivity index (χ1n) is 10.3. The van der Waals surface area contributed by atoms with Gasteiger partial charge in [0.1, 0.15) is 30.5 Å². The molecule has 0 saturated carbocycles. The Morgan fingerprint density at radius 2 is 1.62 bits per heavy atom. The molecule has 0 spiro atoms. The van der Waals surface area contributed by atoms with Gasteiger partial charge in [-0.25, -0.2) is 9.59 Å². The average Bonchev–Trinajstić information content (AvgIpc) is 3.31. The monoisotopic (exact) mass is 474 g/mol. The summed E-state index contributed by atoms with van der Waals surface area (Å²) in [6.07, 6.45) is -7.47. The normalized spacial score (nSPS) is 26.7. The standard InChI is InChI=1S/C22H18O12/c1-29-17-8(16-15(26)14(25)13(24)10(4-23)32-16)2-6-11-12-7(22(28)33-19(11)17)3-9-18(31-5-30-9)20(12)34-21(6)27/h2-3,10,13-16,23-26H,4-5H2,1H3/t10-,13-,14+,15-,16+/m1/s1. The van der Waals surface area contributed by atoms with Gasteiger partial charge in [-0.05, 0) is 12.1 Å². The summed E-state index contributed by atoms with van der Waals surface area (Å²) in [4.78, 5) is 26.0. The van der Waals surface area contributed by atoms with Crippen molar-refractivity contribution in [1.29, 1.82) is 0 Å². The van der Waals surface area contributed by atoms with E-state index < -0.39 is 48.4 Å². The molecule has 0 aliphatic carbocycles. The summed E-state index contributed by atoms with van der Waals surface area (Å²) < 4.78 is 33.0. The molecule has 0 radical (unpaired) electrons. The Balaban J connectivity index is 1.71. The predicted molar refractivity (Wildman–Crippen MR) is 113 cm³/mol. The van der Waals surface area contributed by atoms with Gasteiger partial charge in [0.15, 0.2) is 22.7 Å². The second kappa shape index (κ2) is 7.29. The molecule has 0 amide bonds. The molecule has 178 valence electrons. The molecule has 2 aliphatic rings. The van der Waals surface area contributed by atoms with Crippen molar-refractivity contribution in [2.45, 2.75) is 30.5 Å². The maximum atomic E-state index is 13.0. The van der Waals surface area contributed by atoms with Crippen LogP contribution >= 0.6 is 0 Å². The predicted octanol–water partition coefficient (Wildman–Crippen LogP) is -0.257. The van der Waals surface area contributed by atoms with Gasteiger partial charge in [0, 0.05) is 16.3 Å². The van der Waals surface area contributed by atoms with E-state index in [9.17, 15) is 30.0 Å². The number of aliphatic hydroxyl groups excluding tert-OH is 4. The van der Waals surface area contributed by atoms with E-state index in [0.29, 0.717) is 0 Å². The lowest BCUT2D eigenvalue weighted by molar-refractivity contribution is -0.232. The van der Waals surface area contributed by atoms with Gasteiger partial charge in [0.2, 0.25) is 12.5 Å². The first-order valence-corrected chi connectivity index (χ1v) is 10.3. The minimum atomic E-state index is -1.67. The summed E-state index contributed by atoms with van der Waals surface area (Å²) in [6, 6.07) is 2.77. The molecular weight excluding hydrogens is 456 g/mol. The largest absolute Gasteiger partial charge is 0.492 e. The van der Waals surface area contributed by atoms with Gasteiger partial charge in [-0.15, -0.1) is 0 Å². The van der Waals surface area contributed by atoms with Crippen LogP contribution in [0.25, 0.3) is 32.7 Å². The molecule has 4 heterocycles. The van der Waals surface area contributed by atoms with Crippen LogP contribution < -0.4 is 25.5 Å². The highest BCUT2D eigenvalue weighted by Gasteiger charge is 2.45. The van der Waals surface area contributed by atoms with E-state index in [1.807, 2.05) is 0 Å². The molecule has 12 nitrogen and oxygen atoms in total. The summed E-state index contributed by atoms with van der Waals surface area (Å²) in [5.74, 6) is 0.367. The summed E-state index contributed by atoms with van der Waals surface area (Å²) in [5.41, 5.74) is -1.62. The van der Waals surface area contributed by atoms with Crippen LogP contribution in [0.1, 0.15) is 11.7 Å². The average molecular weight is 474 g/mol. The molecule has 1 fully saturated rings. The highest BCUT2D eigenvalue weighted by molar-refractivity contribution is 6.22. The van der Waals surface area contributed by atoms with E-state index in [1.165, 1.54) is 19.2 Å². The Hall–Kier alpha value is -3.42. The van der Waals surface area contributed by atoms with Crippen molar-refractivity contribution < 1.29 is 48.2 Å². The number of ether oxygens (including phenoxy) is 4. The van der Waals surface area contributed by atoms with E-state index in [0.717, 1.165) is 0 Å². The maximum Gasteiger partial charge on any atom is 0.344 e. The third-order valence-corrected chi connectivity index (χ3v) is 6.37. The molecule has 2 aromatic carbocycles. The molecule has 2 aromatic heterocycles. The smallest absolute Gasteiger partial charge is 0.344 e. The van der Waals surface area contributed by atoms with E-state index >= 15 is 0 Å². The summed E-state index contributed by atoms with van der Waals surface area (Å²) in [7, 11) is 1.29. The second-order valence-electron chi connectivity index (χ2n) is 8.14. The third-order valence-electron chi connectivity index (χ3n) is 6.37. The van der Waals surface area contributed by atoms with Gasteiger partial charge in [0.25, 0.3) is 0 Å². The second-order valence-corrected chi connectivity index (χ2v) is 8.14. The number of hydrogen-bond acceptors (Lipinski definition) is 12. The summed E-state index contributed by atoms with van der Waals surface area (Å²) in [6.45, 7) is -0.764. The molecule has 5 atom stereocenters. The van der Waals surface area contributed by atoms with Crippen molar-refractivity contribution in [1.82, 2.24) is 0 Å². The SMILES string of the molecule is COc1c([C@@H]2O[C@H](CO)[C@@H](O)[C@H](O)[C@H]2O)cc2c(=O)oc3c4c(cc5c(=O)oc1c2c35)OCO4. The van der Waals surface area contributed by atoms with Crippen molar-refractivity contribution in [2.75, 3.05) is 20.5 Å². The van der Waals surface area contributed by atoms with Gasteiger partial charge in [-0.3, -0.25) is 0 Å². The fourth-order valence-electron chi connectivity index (χ4n) is 4.76. The van der Waals surface area contributed by atoms with Crippen molar-refractivity contribution >= 4 is 32.7 Å². The third kappa shape index (κ3) is 2.65. The van der Waals surface area contributed by atoms with Gasteiger partial charge < -0.3 is 48.2 Å². The lowest BCUT2D eigenvalue weighted by Crippen LogP contribution is -2.55. The first kappa shape index (κ1) is 21.1. The van der Waals surface area contributed by atoms with E-state index in [1.54, 1.807) is 0 Å². The topological polar surface area (TPSA) is 178 Å². The zero-order valence-electron chi connectivity index (χ0n) is 17.5. The number of rotatable bonds is 3. The Morgan fingerprint density at radius 1 is 0.941 bits per heavy atom. The van der Waals surface area contributed by atoms with Gasteiger partial charge in [-0.1, -0.05) is 0 Å². The number of fused-ring (bicyclic) bond motifs is 2. The van der Waals surface area contributed by atoms with E-state index in [4.69, 9.17) is 27.8 Å². The van der Waals surface area contributed by atoms with Crippen molar-refractivity contribution in [3.8, 4) is 17.2 Å². The van der Waals surface area contributed by atoms with Crippen molar-refractivity contribution in [2.24, 2.45) is 0 Å². The van der Waals surface area contributed by atoms with Gasteiger partial charge >= 0.3 is 11.3 Å². The fourth-order valence-corrected chi connectivity index (χ4v) is 4.76. The summed E-state index contributed by atoms with van der Waals surface area (Å²) in [5, 5.41) is 41.1. The molecule has 6 rings (SSSR count). The van der Waals surface area contributed by atoms with Crippen LogP contribution in [0, 0.1) is 0 Å². The molecular formula is C22H18O12. The molecule has 2 aliphatic heterocycles. The van der Waals surface area contributed by atoms with Crippen LogP contribution in [0.4, 0.5) is 0 Å². The molecule has 12 heteroatoms. The quantitative estimate of drug-likeness (QED) is 0.226. The summed E-state index contributed by atoms with van der Waals surface area (Å²) >= 11 is 0. The van der Waals surface area contributed by atoms with Crippen LogP contribution in [0.3, 0.4) is 0 Å². The first-order chi connectivity index (χ1) is 16.3. The Bertz CT molecular complexity index is 1550. The molecule has 4 N–H and O–H groups in total. The lowest BCUT2D eigenvalue weighted by atomic mass is 9.89. The highest BCUT2D eigenvalue weighted by atomic mass is 16.7. The molecule has 1 saturated heterocycles. The van der Waals surface area contributed by atoms with E-state index in [-0.39, 0.29) is 62.3 Å². The van der Waals surface area contributed by atoms with Gasteiger partial charge in [-0.2, -0.15) is 0 Å². The lowest BCUT2D eigenvalue weighted by Gasteiger charge is -2.40. The zero-order valence-corrected chi connectivity index (χ0v) is 17.5. The van der Waals surface area contributed by atoms with Gasteiger partial charge in [0.05, 0.1) is 24.5 Å². The number of benzene rings is 2. The Morgan fingerprint density at radius 3 is 2.32 bits per heavy atom. The number of aliphatic hydroxyl groups is 4. The van der Waals surface area contributed by atoms with Crippen LogP contribution in [0.5, 0.6) is 17.2 Å². The minimum absolute atomic E-state index is 0.0112. The fraction of sp³-hybridized carbons (Fsp3) is 0.364. The van der Waals surface area contributed by atoms with Crippen molar-refractivity contribution in [3.05, 3.63) is 38.5 Å². The maximum absolute atomic E-state index is 13.0. The van der Waals surface area contributed by atoms with Crippen LogP contribution in [-0.4, -0.2) is 65.4 Å². The molecule has 34 heavy (non-hydrogen) atoms. The minimum Gasteiger partial charge on any atom is -0.492 e. The Kier molecular flexibility index (Phi) is 4.53. The van der Waals surface area contributed by atoms with Crippen LogP contribution in [0.15, 0.2) is 30.6 Å². The zero-order chi connectivity index (χ0) is 23.9. The molecule has 0 bridgehead atoms. The van der Waals surface area contributed by atoms with E-state index in [2.05, 4.69) is 0 Å². The van der Waals surface area contributed by atoms with Crippen LogP contribution in [0.2, 0.25) is 0 Å².